The first-order valence-corrected chi connectivity index (χ1v) is 4.85. The van der Waals surface area contributed by atoms with Crippen molar-refractivity contribution in [1.29, 1.82) is 0 Å². The van der Waals surface area contributed by atoms with Crippen LogP contribution in [-0.4, -0.2) is 36.4 Å². The van der Waals surface area contributed by atoms with Gasteiger partial charge in [-0.15, -0.1) is 5.06 Å². The van der Waals surface area contributed by atoms with Crippen molar-refractivity contribution >= 4 is 31.3 Å². The number of hydroxylamine groups is 2. The van der Waals surface area contributed by atoms with Gasteiger partial charge in [0.05, 0.1) is 5.68 Å². The van der Waals surface area contributed by atoms with Crippen molar-refractivity contribution in [2.24, 2.45) is 0 Å². The van der Waals surface area contributed by atoms with Crippen LogP contribution in [0.3, 0.4) is 0 Å². The summed E-state index contributed by atoms with van der Waals surface area (Å²) in [6.07, 6.45) is 0.377. The summed E-state index contributed by atoms with van der Waals surface area (Å²) < 4.78 is 0. The largest absolute Gasteiger partial charge is 0.333 e. The van der Waals surface area contributed by atoms with Gasteiger partial charge in [-0.3, -0.25) is 9.59 Å². The molecule has 0 aliphatic carbocycles. The molecule has 0 aromatic heterocycles. The van der Waals surface area contributed by atoms with Crippen molar-refractivity contribution in [3.05, 3.63) is 0 Å². The highest BCUT2D eigenvalue weighted by Crippen LogP contribution is 2.13. The Morgan fingerprint density at radius 3 is 2.25 bits per heavy atom. The molecule has 0 unspecified atom stereocenters. The molecule has 0 aromatic carbocycles. The minimum Gasteiger partial charge on any atom is -0.330 e. The molecule has 0 saturated carbocycles. The van der Waals surface area contributed by atoms with Gasteiger partial charge < -0.3 is 9.63 Å². The van der Waals surface area contributed by atoms with Crippen LogP contribution in [0, 0.1) is 0 Å². The number of imide groups is 1. The summed E-state index contributed by atoms with van der Waals surface area (Å²) in [6.45, 7) is 0. The first kappa shape index (κ1) is 12.4. The lowest BCUT2D eigenvalue weighted by Crippen LogP contribution is -2.32. The average Bonchev–Trinajstić information content (AvgIpc) is 2.49. The van der Waals surface area contributed by atoms with Crippen molar-refractivity contribution in [3.63, 3.8) is 0 Å². The molecule has 0 N–H and O–H groups in total. The summed E-state index contributed by atoms with van der Waals surface area (Å²) in [5.74, 6) is -1.76. The quantitative estimate of drug-likeness (QED) is 0.461. The van der Waals surface area contributed by atoms with Gasteiger partial charge in [0.1, 0.15) is 0 Å². The van der Waals surface area contributed by atoms with E-state index in [-0.39, 0.29) is 32.1 Å². The van der Waals surface area contributed by atoms with E-state index in [0.717, 1.165) is 0 Å². The number of carbonyl (C=O) groups excluding carboxylic acids is 4. The lowest BCUT2D eigenvalue weighted by atomic mass is 9.97. The Bertz CT molecular complexity index is 325. The lowest BCUT2D eigenvalue weighted by Gasteiger charge is -2.12. The highest BCUT2D eigenvalue weighted by Gasteiger charge is 2.32. The van der Waals surface area contributed by atoms with Crippen molar-refractivity contribution in [3.8, 4) is 0 Å². The minimum atomic E-state index is -0.718. The van der Waals surface area contributed by atoms with Crippen molar-refractivity contribution in [2.75, 3.05) is 0 Å². The Morgan fingerprint density at radius 1 is 1.19 bits per heavy atom. The molecular weight excluding hydrogens is 213 g/mol. The molecule has 0 aromatic rings. The molecular formula is C9H10BNO5. The molecule has 1 rings (SSSR count). The second-order valence-electron chi connectivity index (χ2n) is 3.37. The average molecular weight is 223 g/mol. The van der Waals surface area contributed by atoms with Crippen LogP contribution < -0.4 is 0 Å². The van der Waals surface area contributed by atoms with Crippen LogP contribution in [0.1, 0.15) is 32.1 Å². The highest BCUT2D eigenvalue weighted by atomic mass is 16.7. The Kier molecular flexibility index (Phi) is 4.22. The summed E-state index contributed by atoms with van der Waals surface area (Å²) in [5, 5.41) is 0.479. The smallest absolute Gasteiger partial charge is 0.330 e. The third-order valence-electron chi connectivity index (χ3n) is 2.00. The van der Waals surface area contributed by atoms with Gasteiger partial charge in [-0.25, -0.2) is 4.79 Å². The summed E-state index contributed by atoms with van der Waals surface area (Å²) in [6, 6.07) is 0. The molecule has 2 amide bonds. The van der Waals surface area contributed by atoms with Crippen molar-refractivity contribution in [1.82, 2.24) is 5.06 Å². The first-order valence-electron chi connectivity index (χ1n) is 4.85. The van der Waals surface area contributed by atoms with E-state index in [1.54, 1.807) is 0 Å². The summed E-state index contributed by atoms with van der Waals surface area (Å²) >= 11 is 0. The van der Waals surface area contributed by atoms with E-state index in [2.05, 4.69) is 4.84 Å². The van der Waals surface area contributed by atoms with Gasteiger partial charge in [-0.2, -0.15) is 0 Å². The molecule has 1 aliphatic rings. The molecule has 0 bridgehead atoms. The SMILES string of the molecule is [B]C(=O)CCCC(=O)ON1C(=O)CCC1=O. The highest BCUT2D eigenvalue weighted by molar-refractivity contribution is 6.57. The predicted molar refractivity (Wildman–Crippen MR) is 51.8 cm³/mol. The number of rotatable bonds is 5. The molecule has 1 heterocycles. The fourth-order valence-electron chi connectivity index (χ4n) is 1.21. The second kappa shape index (κ2) is 5.43. The van der Waals surface area contributed by atoms with Crippen LogP contribution in [0.25, 0.3) is 0 Å². The summed E-state index contributed by atoms with van der Waals surface area (Å²) in [7, 11) is 4.88. The van der Waals surface area contributed by atoms with Crippen LogP contribution in [0.5, 0.6) is 0 Å². The molecule has 16 heavy (non-hydrogen) atoms. The Labute approximate surface area is 93.3 Å². The van der Waals surface area contributed by atoms with E-state index in [1.165, 1.54) is 0 Å². The van der Waals surface area contributed by atoms with E-state index in [4.69, 9.17) is 7.85 Å². The monoisotopic (exact) mass is 223 g/mol. The number of amides is 2. The van der Waals surface area contributed by atoms with Gasteiger partial charge in [0.15, 0.2) is 7.85 Å². The lowest BCUT2D eigenvalue weighted by molar-refractivity contribution is -0.197. The molecule has 1 saturated heterocycles. The molecule has 84 valence electrons. The van der Waals surface area contributed by atoms with E-state index >= 15 is 0 Å². The Balaban J connectivity index is 2.31. The maximum absolute atomic E-state index is 11.2. The van der Waals surface area contributed by atoms with Gasteiger partial charge in [0.2, 0.25) is 0 Å². The van der Waals surface area contributed by atoms with Crippen molar-refractivity contribution < 1.29 is 24.0 Å². The standard InChI is InChI=1S/C9H10BNO5/c10-6(12)2-1-3-9(15)16-11-7(13)4-5-8(11)14/h1-5H2. The van der Waals surface area contributed by atoms with Crippen LogP contribution in [0.15, 0.2) is 0 Å². The fraction of sp³-hybridized carbons (Fsp3) is 0.556. The third-order valence-corrected chi connectivity index (χ3v) is 2.00. The van der Waals surface area contributed by atoms with E-state index in [1.807, 2.05) is 0 Å². The van der Waals surface area contributed by atoms with Crippen molar-refractivity contribution in [2.45, 2.75) is 32.1 Å². The molecule has 7 heteroatoms. The molecule has 0 spiro atoms. The van der Waals surface area contributed by atoms with Crippen LogP contribution in [-0.2, 0) is 24.0 Å². The predicted octanol–water partition coefficient (Wildman–Crippen LogP) is -0.541. The maximum Gasteiger partial charge on any atom is 0.333 e. The van der Waals surface area contributed by atoms with Gasteiger partial charge >= 0.3 is 5.97 Å². The summed E-state index contributed by atoms with van der Waals surface area (Å²) in [5.41, 5.74) is -0.513. The Hall–Kier alpha value is -1.66. The fourth-order valence-corrected chi connectivity index (χ4v) is 1.21. The van der Waals surface area contributed by atoms with Gasteiger partial charge in [0.25, 0.3) is 11.8 Å². The third kappa shape index (κ3) is 3.49. The maximum atomic E-state index is 11.2. The second-order valence-corrected chi connectivity index (χ2v) is 3.37. The minimum absolute atomic E-state index is 0.0556. The Morgan fingerprint density at radius 2 is 1.75 bits per heavy atom. The molecule has 1 fully saturated rings. The van der Waals surface area contributed by atoms with E-state index in [0.29, 0.717) is 5.06 Å². The van der Waals surface area contributed by atoms with Gasteiger partial charge in [-0.05, 0) is 12.8 Å². The topological polar surface area (TPSA) is 80.8 Å². The number of hydrogen-bond donors (Lipinski definition) is 0. The zero-order chi connectivity index (χ0) is 12.1. The molecule has 2 radical (unpaired) electrons. The van der Waals surface area contributed by atoms with Gasteiger partial charge in [-0.1, -0.05) is 0 Å². The van der Waals surface area contributed by atoms with Crippen LogP contribution in [0.2, 0.25) is 0 Å². The van der Waals surface area contributed by atoms with Gasteiger partial charge in [0, 0.05) is 19.3 Å². The normalized spacial score (nSPS) is 15.4. The van der Waals surface area contributed by atoms with E-state index < -0.39 is 23.5 Å². The van der Waals surface area contributed by atoms with Crippen LogP contribution in [0.4, 0.5) is 0 Å². The zero-order valence-corrected chi connectivity index (χ0v) is 8.60. The zero-order valence-electron chi connectivity index (χ0n) is 8.60. The summed E-state index contributed by atoms with van der Waals surface area (Å²) in [4.78, 5) is 48.2. The number of hydrogen-bond acceptors (Lipinski definition) is 5. The molecule has 1 aliphatic heterocycles. The van der Waals surface area contributed by atoms with E-state index in [9.17, 15) is 19.2 Å². The molecule has 0 atom stereocenters. The molecule has 6 nitrogen and oxygen atoms in total. The number of carbonyl (C=O) groups is 4. The first-order chi connectivity index (χ1) is 7.50. The van der Waals surface area contributed by atoms with Crippen LogP contribution >= 0.6 is 0 Å². The number of nitrogens with zero attached hydrogens (tertiary/aromatic N) is 1.